The molecule has 2 heteroatoms. The Labute approximate surface area is 93.4 Å². The maximum atomic E-state index is 3.76. The largest absolute Gasteiger partial charge is 0.309 e. The Kier molecular flexibility index (Phi) is 2.52. The molecule has 1 N–H and O–H groups in total. The molecule has 3 aliphatic rings. The average molecular weight is 208 g/mol. The van der Waals surface area contributed by atoms with Gasteiger partial charge in [-0.1, -0.05) is 6.42 Å². The molecule has 2 nitrogen and oxygen atoms in total. The number of nitrogens with one attached hydrogen (secondary N) is 1. The van der Waals surface area contributed by atoms with Crippen LogP contribution in [0.4, 0.5) is 0 Å². The van der Waals surface area contributed by atoms with E-state index in [-0.39, 0.29) is 0 Å². The summed E-state index contributed by atoms with van der Waals surface area (Å²) in [5, 5.41) is 3.76. The second kappa shape index (κ2) is 3.74. The van der Waals surface area contributed by atoms with Crippen LogP contribution in [0.15, 0.2) is 0 Å². The number of nitrogens with zero attached hydrogens (tertiary/aromatic N) is 1. The van der Waals surface area contributed by atoms with Crippen LogP contribution in [0.1, 0.15) is 39.0 Å². The minimum Gasteiger partial charge on any atom is -0.309 e. The van der Waals surface area contributed by atoms with Crippen LogP contribution in [0.3, 0.4) is 0 Å². The summed E-state index contributed by atoms with van der Waals surface area (Å²) in [6, 6.07) is 0. The summed E-state index contributed by atoms with van der Waals surface area (Å²) in [5.41, 5.74) is 0.446. The highest BCUT2D eigenvalue weighted by molar-refractivity contribution is 5.02. The van der Waals surface area contributed by atoms with Crippen molar-refractivity contribution in [3.8, 4) is 0 Å². The van der Waals surface area contributed by atoms with Gasteiger partial charge < -0.3 is 5.32 Å². The highest BCUT2D eigenvalue weighted by atomic mass is 15.2. The molecule has 0 radical (unpaired) electrons. The standard InChI is InChI=1S/C13H24N2/c1-13(12-5-6-12)10-15(8-7-14-13)9-11-3-2-4-11/h11-12,14H,2-10H2,1H3. The molecule has 0 bridgehead atoms. The van der Waals surface area contributed by atoms with Gasteiger partial charge in [0.25, 0.3) is 0 Å². The minimum absolute atomic E-state index is 0.446. The summed E-state index contributed by atoms with van der Waals surface area (Å²) < 4.78 is 0. The lowest BCUT2D eigenvalue weighted by Crippen LogP contribution is -2.60. The van der Waals surface area contributed by atoms with Crippen molar-refractivity contribution in [2.75, 3.05) is 26.2 Å². The maximum absolute atomic E-state index is 3.76. The summed E-state index contributed by atoms with van der Waals surface area (Å²) in [5.74, 6) is 2.01. The van der Waals surface area contributed by atoms with Gasteiger partial charge in [-0.25, -0.2) is 0 Å². The number of piperazine rings is 1. The van der Waals surface area contributed by atoms with Crippen molar-refractivity contribution in [2.24, 2.45) is 11.8 Å². The van der Waals surface area contributed by atoms with E-state index in [1.165, 1.54) is 58.3 Å². The van der Waals surface area contributed by atoms with Gasteiger partial charge in [-0.15, -0.1) is 0 Å². The molecule has 0 aromatic carbocycles. The first-order chi connectivity index (χ1) is 7.26. The average Bonchev–Trinajstić information content (AvgIpc) is 2.95. The van der Waals surface area contributed by atoms with Crippen LogP contribution < -0.4 is 5.32 Å². The van der Waals surface area contributed by atoms with Gasteiger partial charge in [-0.3, -0.25) is 4.90 Å². The normalized spacial score (nSPS) is 39.0. The van der Waals surface area contributed by atoms with Crippen LogP contribution in [-0.4, -0.2) is 36.6 Å². The molecule has 15 heavy (non-hydrogen) atoms. The molecular formula is C13H24N2. The first-order valence-electron chi connectivity index (χ1n) is 6.74. The van der Waals surface area contributed by atoms with E-state index in [0.717, 1.165) is 11.8 Å². The molecular weight excluding hydrogens is 184 g/mol. The quantitative estimate of drug-likeness (QED) is 0.761. The second-order valence-electron chi connectivity index (χ2n) is 6.15. The van der Waals surface area contributed by atoms with Gasteiger partial charge in [0.05, 0.1) is 0 Å². The Morgan fingerprint density at radius 1 is 1.27 bits per heavy atom. The molecule has 1 saturated heterocycles. The van der Waals surface area contributed by atoms with Crippen LogP contribution in [0, 0.1) is 11.8 Å². The Morgan fingerprint density at radius 2 is 2.07 bits per heavy atom. The summed E-state index contributed by atoms with van der Waals surface area (Å²) in [4.78, 5) is 2.72. The smallest absolute Gasteiger partial charge is 0.0309 e. The van der Waals surface area contributed by atoms with Crippen molar-refractivity contribution in [1.82, 2.24) is 10.2 Å². The molecule has 1 heterocycles. The molecule has 0 amide bonds. The van der Waals surface area contributed by atoms with E-state index in [1.807, 2.05) is 0 Å². The predicted octanol–water partition coefficient (Wildman–Crippen LogP) is 1.86. The fourth-order valence-corrected chi connectivity index (χ4v) is 3.29. The van der Waals surface area contributed by atoms with Crippen LogP contribution in [0.2, 0.25) is 0 Å². The molecule has 0 spiro atoms. The van der Waals surface area contributed by atoms with Crippen molar-refractivity contribution >= 4 is 0 Å². The van der Waals surface area contributed by atoms with Crippen LogP contribution in [0.5, 0.6) is 0 Å². The predicted molar refractivity (Wildman–Crippen MR) is 62.9 cm³/mol. The van der Waals surface area contributed by atoms with Crippen LogP contribution >= 0.6 is 0 Å². The zero-order valence-electron chi connectivity index (χ0n) is 9.97. The van der Waals surface area contributed by atoms with Gasteiger partial charge in [0.2, 0.25) is 0 Å². The topological polar surface area (TPSA) is 15.3 Å². The SMILES string of the molecule is CC1(C2CC2)CN(CC2CCC2)CCN1. The maximum Gasteiger partial charge on any atom is 0.0309 e. The van der Waals surface area contributed by atoms with E-state index in [2.05, 4.69) is 17.1 Å². The molecule has 1 aliphatic heterocycles. The van der Waals surface area contributed by atoms with Gasteiger partial charge in [0, 0.05) is 31.7 Å². The molecule has 0 aromatic heterocycles. The first-order valence-corrected chi connectivity index (χ1v) is 6.74. The van der Waals surface area contributed by atoms with E-state index < -0.39 is 0 Å². The number of hydrogen-bond donors (Lipinski definition) is 1. The van der Waals surface area contributed by atoms with Crippen LogP contribution in [-0.2, 0) is 0 Å². The fraction of sp³-hybridized carbons (Fsp3) is 1.00. The van der Waals surface area contributed by atoms with Crippen molar-refractivity contribution in [2.45, 2.75) is 44.6 Å². The molecule has 2 saturated carbocycles. The van der Waals surface area contributed by atoms with Gasteiger partial charge in [0.15, 0.2) is 0 Å². The third kappa shape index (κ3) is 2.07. The third-order valence-electron chi connectivity index (χ3n) is 4.73. The molecule has 86 valence electrons. The summed E-state index contributed by atoms with van der Waals surface area (Å²) in [6.07, 6.45) is 7.38. The minimum atomic E-state index is 0.446. The van der Waals surface area contributed by atoms with Crippen LogP contribution in [0.25, 0.3) is 0 Å². The number of hydrogen-bond acceptors (Lipinski definition) is 2. The number of rotatable bonds is 3. The van der Waals surface area contributed by atoms with Gasteiger partial charge in [-0.2, -0.15) is 0 Å². The Bertz CT molecular complexity index is 233. The molecule has 1 unspecified atom stereocenters. The highest BCUT2D eigenvalue weighted by Gasteiger charge is 2.44. The van der Waals surface area contributed by atoms with E-state index in [0.29, 0.717) is 5.54 Å². The van der Waals surface area contributed by atoms with Gasteiger partial charge in [0.1, 0.15) is 0 Å². The van der Waals surface area contributed by atoms with Gasteiger partial charge >= 0.3 is 0 Å². The second-order valence-corrected chi connectivity index (χ2v) is 6.15. The lowest BCUT2D eigenvalue weighted by atomic mass is 9.84. The molecule has 2 aliphatic carbocycles. The van der Waals surface area contributed by atoms with E-state index in [9.17, 15) is 0 Å². The summed E-state index contributed by atoms with van der Waals surface area (Å²) in [6.45, 7) is 7.61. The van der Waals surface area contributed by atoms with E-state index in [1.54, 1.807) is 0 Å². The van der Waals surface area contributed by atoms with Crippen molar-refractivity contribution in [3.05, 3.63) is 0 Å². The lowest BCUT2D eigenvalue weighted by molar-refractivity contribution is 0.0938. The Morgan fingerprint density at radius 3 is 2.67 bits per heavy atom. The highest BCUT2D eigenvalue weighted by Crippen LogP contribution is 2.41. The molecule has 3 fully saturated rings. The van der Waals surface area contributed by atoms with E-state index >= 15 is 0 Å². The van der Waals surface area contributed by atoms with Gasteiger partial charge in [-0.05, 0) is 44.4 Å². The summed E-state index contributed by atoms with van der Waals surface area (Å²) in [7, 11) is 0. The third-order valence-corrected chi connectivity index (χ3v) is 4.73. The molecule has 1 atom stereocenters. The Hall–Kier alpha value is -0.0800. The van der Waals surface area contributed by atoms with Crippen molar-refractivity contribution in [1.29, 1.82) is 0 Å². The molecule has 0 aromatic rings. The van der Waals surface area contributed by atoms with E-state index in [4.69, 9.17) is 0 Å². The van der Waals surface area contributed by atoms with Crippen molar-refractivity contribution < 1.29 is 0 Å². The molecule has 3 rings (SSSR count). The summed E-state index contributed by atoms with van der Waals surface area (Å²) >= 11 is 0. The zero-order valence-corrected chi connectivity index (χ0v) is 9.97. The Balaban J connectivity index is 1.55. The fourth-order valence-electron chi connectivity index (χ4n) is 3.29. The van der Waals surface area contributed by atoms with Crippen molar-refractivity contribution in [3.63, 3.8) is 0 Å². The monoisotopic (exact) mass is 208 g/mol. The first kappa shape index (κ1) is 10.1. The lowest BCUT2D eigenvalue weighted by Gasteiger charge is -2.44. The zero-order chi connectivity index (χ0) is 10.3.